The molecule has 3 heterocycles. The van der Waals surface area contributed by atoms with Gasteiger partial charge in [-0.15, -0.1) is 0 Å². The van der Waals surface area contributed by atoms with Gasteiger partial charge in [0.1, 0.15) is 11.8 Å². The maximum Gasteiger partial charge on any atom is 0.227 e. The molecule has 136 valence electrons. The minimum Gasteiger partial charge on any atom is -0.482 e. The summed E-state index contributed by atoms with van der Waals surface area (Å²) >= 11 is 0. The van der Waals surface area contributed by atoms with Gasteiger partial charge in [-0.25, -0.2) is 0 Å². The summed E-state index contributed by atoms with van der Waals surface area (Å²) in [7, 11) is 0. The summed E-state index contributed by atoms with van der Waals surface area (Å²) in [6, 6.07) is 22.4. The van der Waals surface area contributed by atoms with Crippen LogP contribution in [0.3, 0.4) is 0 Å². The first-order chi connectivity index (χ1) is 13.3. The molecule has 0 aliphatic carbocycles. The molecule has 1 saturated heterocycles. The van der Waals surface area contributed by atoms with E-state index >= 15 is 0 Å². The third-order valence-electron chi connectivity index (χ3n) is 5.77. The van der Waals surface area contributed by atoms with Crippen LogP contribution in [0.5, 0.6) is 5.75 Å². The molecule has 1 aromatic heterocycles. The molecule has 4 nitrogen and oxygen atoms in total. The van der Waals surface area contributed by atoms with Crippen molar-refractivity contribution in [3.63, 3.8) is 0 Å². The second kappa shape index (κ2) is 6.31. The Balaban J connectivity index is 1.42. The van der Waals surface area contributed by atoms with Gasteiger partial charge in [-0.1, -0.05) is 48.5 Å². The Morgan fingerprint density at radius 1 is 1.00 bits per heavy atom. The second-order valence-electron chi connectivity index (χ2n) is 7.47. The fourth-order valence-corrected chi connectivity index (χ4v) is 4.52. The van der Waals surface area contributed by atoms with Crippen molar-refractivity contribution < 1.29 is 9.53 Å². The van der Waals surface area contributed by atoms with Gasteiger partial charge >= 0.3 is 0 Å². The van der Waals surface area contributed by atoms with Crippen LogP contribution in [0, 0.1) is 0 Å². The highest BCUT2D eigenvalue weighted by molar-refractivity contribution is 5.79. The number of amides is 1. The summed E-state index contributed by atoms with van der Waals surface area (Å²) in [5, 5.41) is 0. The Bertz CT molecular complexity index is 952. The van der Waals surface area contributed by atoms with Crippen LogP contribution in [-0.2, 0) is 11.2 Å². The molecular formula is C23H22N2O2. The predicted octanol–water partition coefficient (Wildman–Crippen LogP) is 3.68. The lowest BCUT2D eigenvalue weighted by Gasteiger charge is -2.31. The molecule has 2 atom stereocenters. The Kier molecular flexibility index (Phi) is 3.78. The fourth-order valence-electron chi connectivity index (χ4n) is 4.52. The van der Waals surface area contributed by atoms with Gasteiger partial charge in [0.2, 0.25) is 5.91 Å². The number of likely N-dealkylation sites (tertiary alicyclic amines) is 1. The molecule has 2 aliphatic heterocycles. The lowest BCUT2D eigenvalue weighted by atomic mass is 9.90. The predicted molar refractivity (Wildman–Crippen MR) is 104 cm³/mol. The lowest BCUT2D eigenvalue weighted by Crippen LogP contribution is -2.44. The first-order valence-corrected chi connectivity index (χ1v) is 9.47. The third-order valence-corrected chi connectivity index (χ3v) is 5.77. The van der Waals surface area contributed by atoms with E-state index in [1.807, 2.05) is 59.5 Å². The van der Waals surface area contributed by atoms with E-state index in [-0.39, 0.29) is 11.9 Å². The molecule has 0 bridgehead atoms. The average molecular weight is 358 g/mol. The number of hydrogen-bond acceptors (Lipinski definition) is 2. The van der Waals surface area contributed by atoms with Gasteiger partial charge in [-0.2, -0.15) is 0 Å². The number of carbonyl (C=O) groups excluding carboxylic acids is 1. The van der Waals surface area contributed by atoms with E-state index in [0.717, 1.165) is 24.3 Å². The van der Waals surface area contributed by atoms with E-state index in [4.69, 9.17) is 4.74 Å². The van der Waals surface area contributed by atoms with Crippen molar-refractivity contribution in [1.29, 1.82) is 0 Å². The largest absolute Gasteiger partial charge is 0.482 e. The van der Waals surface area contributed by atoms with E-state index in [1.165, 1.54) is 5.56 Å². The molecule has 0 N–H and O–H groups in total. The summed E-state index contributed by atoms with van der Waals surface area (Å²) in [4.78, 5) is 14.9. The third kappa shape index (κ3) is 2.72. The maximum absolute atomic E-state index is 12.9. The average Bonchev–Trinajstić information content (AvgIpc) is 3.41. The van der Waals surface area contributed by atoms with Crippen LogP contribution < -0.4 is 4.74 Å². The van der Waals surface area contributed by atoms with Crippen molar-refractivity contribution in [1.82, 2.24) is 9.47 Å². The van der Waals surface area contributed by atoms with Crippen molar-refractivity contribution in [2.75, 3.05) is 13.1 Å². The van der Waals surface area contributed by atoms with Crippen molar-refractivity contribution >= 4 is 5.91 Å². The number of nitrogens with zero attached hydrogens (tertiary/aromatic N) is 2. The Morgan fingerprint density at radius 3 is 2.56 bits per heavy atom. The van der Waals surface area contributed by atoms with Crippen LogP contribution in [0.2, 0.25) is 0 Å². The summed E-state index contributed by atoms with van der Waals surface area (Å²) in [5.41, 5.74) is 1.86. The summed E-state index contributed by atoms with van der Waals surface area (Å²) in [6.07, 6.45) is 5.46. The van der Waals surface area contributed by atoms with Crippen LogP contribution in [0.4, 0.5) is 0 Å². The van der Waals surface area contributed by atoms with Gasteiger partial charge in [-0.3, -0.25) is 4.79 Å². The van der Waals surface area contributed by atoms with Crippen LogP contribution in [0.15, 0.2) is 79.1 Å². The van der Waals surface area contributed by atoms with Gasteiger partial charge < -0.3 is 14.2 Å². The van der Waals surface area contributed by atoms with Crippen LogP contribution in [-0.4, -0.2) is 34.1 Å². The van der Waals surface area contributed by atoms with Gasteiger partial charge in [-0.05, 0) is 23.8 Å². The number of rotatable bonds is 3. The summed E-state index contributed by atoms with van der Waals surface area (Å²) in [5.74, 6) is 1.11. The standard InChI is InChI=1S/C23H22N2O2/c26-21(16-18-8-2-1-3-9-18)25-15-12-23(17-25)22(24-13-6-7-14-24)19-10-4-5-11-20(19)27-23/h1-11,13-14,22H,12,15-17H2. The van der Waals surface area contributed by atoms with Crippen LogP contribution in [0.25, 0.3) is 0 Å². The molecule has 2 unspecified atom stereocenters. The Hall–Kier alpha value is -3.01. The molecule has 1 amide bonds. The smallest absolute Gasteiger partial charge is 0.227 e. The Morgan fingerprint density at radius 2 is 1.74 bits per heavy atom. The van der Waals surface area contributed by atoms with Gasteiger partial charge in [0.25, 0.3) is 0 Å². The van der Waals surface area contributed by atoms with Crippen molar-refractivity contribution in [3.8, 4) is 5.75 Å². The van der Waals surface area contributed by atoms with E-state index in [9.17, 15) is 4.79 Å². The number of ether oxygens (including phenoxy) is 1. The topological polar surface area (TPSA) is 34.5 Å². The molecule has 2 aliphatic rings. The van der Waals surface area contributed by atoms with E-state index in [0.29, 0.717) is 13.0 Å². The number of benzene rings is 2. The number of hydrogen-bond donors (Lipinski definition) is 0. The molecule has 0 radical (unpaired) electrons. The first kappa shape index (κ1) is 16.2. The van der Waals surface area contributed by atoms with Gasteiger partial charge in [0.05, 0.1) is 13.0 Å². The summed E-state index contributed by atoms with van der Waals surface area (Å²) in [6.45, 7) is 1.35. The fraction of sp³-hybridized carbons (Fsp3) is 0.261. The summed E-state index contributed by atoms with van der Waals surface area (Å²) < 4.78 is 8.73. The molecule has 1 fully saturated rings. The normalized spacial score (nSPS) is 23.4. The molecule has 2 aromatic carbocycles. The number of para-hydroxylation sites is 1. The quantitative estimate of drug-likeness (QED) is 0.716. The van der Waals surface area contributed by atoms with E-state index in [1.54, 1.807) is 0 Å². The SMILES string of the molecule is O=C(Cc1ccccc1)N1CCC2(C1)Oc1ccccc1C2n1cccc1. The molecule has 5 rings (SSSR count). The molecular weight excluding hydrogens is 336 g/mol. The lowest BCUT2D eigenvalue weighted by molar-refractivity contribution is -0.130. The minimum absolute atomic E-state index is 0.0956. The zero-order valence-corrected chi connectivity index (χ0v) is 15.1. The monoisotopic (exact) mass is 358 g/mol. The highest BCUT2D eigenvalue weighted by Gasteiger charge is 2.54. The van der Waals surface area contributed by atoms with Gasteiger partial charge in [0.15, 0.2) is 5.60 Å². The highest BCUT2D eigenvalue weighted by Crippen LogP contribution is 2.49. The molecule has 3 aromatic rings. The first-order valence-electron chi connectivity index (χ1n) is 9.47. The number of fused-ring (bicyclic) bond motifs is 1. The zero-order valence-electron chi connectivity index (χ0n) is 15.1. The number of aromatic nitrogens is 1. The zero-order chi connectivity index (χ0) is 18.3. The minimum atomic E-state index is -0.394. The van der Waals surface area contributed by atoms with Gasteiger partial charge in [0, 0.05) is 30.9 Å². The second-order valence-corrected chi connectivity index (χ2v) is 7.47. The van der Waals surface area contributed by atoms with Crippen molar-refractivity contribution in [2.24, 2.45) is 0 Å². The van der Waals surface area contributed by atoms with E-state index < -0.39 is 5.60 Å². The Labute approximate surface area is 159 Å². The van der Waals surface area contributed by atoms with Crippen molar-refractivity contribution in [3.05, 3.63) is 90.3 Å². The maximum atomic E-state index is 12.9. The van der Waals surface area contributed by atoms with E-state index in [2.05, 4.69) is 29.1 Å². The molecule has 0 saturated carbocycles. The molecule has 4 heteroatoms. The van der Waals surface area contributed by atoms with Crippen LogP contribution >= 0.6 is 0 Å². The van der Waals surface area contributed by atoms with Crippen LogP contribution in [0.1, 0.15) is 23.6 Å². The molecule has 27 heavy (non-hydrogen) atoms. The van der Waals surface area contributed by atoms with Crippen molar-refractivity contribution in [2.45, 2.75) is 24.5 Å². The molecule has 1 spiro atoms. The number of carbonyl (C=O) groups is 1. The highest BCUT2D eigenvalue weighted by atomic mass is 16.5.